The van der Waals surface area contributed by atoms with Gasteiger partial charge >= 0.3 is 194 Å². The molecule has 0 amide bonds. The third-order valence-electron chi connectivity index (χ3n) is 7.75. The van der Waals surface area contributed by atoms with E-state index in [4.69, 9.17) is 0 Å². The minimum Gasteiger partial charge on any atom is -0.744 e. The number of hydrogen-bond donors (Lipinski definition) is 0. The second-order valence-corrected chi connectivity index (χ2v) is 20.0. The topological polar surface area (TPSA) is 57.2 Å². The molecule has 0 saturated heterocycles. The molecule has 0 N–H and O–H groups in total. The molecule has 5 heteroatoms. The van der Waals surface area contributed by atoms with Gasteiger partial charge in [-0.2, -0.15) is 0 Å². The van der Waals surface area contributed by atoms with Crippen molar-refractivity contribution >= 4 is 36.7 Å². The first kappa shape index (κ1) is 33.8. The Morgan fingerprint density at radius 3 is 1.24 bits per heavy atom. The van der Waals surface area contributed by atoms with Gasteiger partial charge in [0.15, 0.2) is 0 Å². The molecule has 4 aromatic carbocycles. The Kier molecular flexibility index (Phi) is 14.6. The molecule has 0 aromatic heterocycles. The van der Waals surface area contributed by atoms with Gasteiger partial charge in [0, 0.05) is 0 Å². The Bertz CT molecular complexity index is 1280. The molecule has 4 aromatic rings. The molecular weight excluding hydrogens is 599 g/mol. The van der Waals surface area contributed by atoms with Crippen LogP contribution in [0.1, 0.15) is 76.7 Å². The van der Waals surface area contributed by atoms with E-state index in [1.54, 1.807) is 25.2 Å². The van der Waals surface area contributed by atoms with E-state index in [-0.39, 0.29) is 4.90 Å². The molecule has 0 radical (unpaired) electrons. The van der Waals surface area contributed by atoms with Crippen LogP contribution in [0.25, 0.3) is 0 Å². The van der Waals surface area contributed by atoms with Gasteiger partial charge in [0.25, 0.3) is 0 Å². The van der Waals surface area contributed by atoms with Crippen molar-refractivity contribution in [1.29, 1.82) is 0 Å². The van der Waals surface area contributed by atoms with Crippen LogP contribution in [0.3, 0.4) is 0 Å². The maximum atomic E-state index is 10.4. The van der Waals surface area contributed by atoms with Crippen LogP contribution in [0.5, 0.6) is 0 Å². The van der Waals surface area contributed by atoms with Crippen molar-refractivity contribution in [3.63, 3.8) is 0 Å². The van der Waals surface area contributed by atoms with Gasteiger partial charge in [-0.3, -0.25) is 0 Å². The predicted octanol–water partition coefficient (Wildman–Crippen LogP) is 7.98. The molecule has 0 atom stereocenters. The van der Waals surface area contributed by atoms with Crippen molar-refractivity contribution in [1.82, 2.24) is 0 Å². The summed E-state index contributed by atoms with van der Waals surface area (Å²) in [5, 5.41) is 1.33. The van der Waals surface area contributed by atoms with Crippen LogP contribution >= 0.6 is 0 Å². The molecule has 3 nitrogen and oxygen atoms in total. The van der Waals surface area contributed by atoms with Gasteiger partial charge < -0.3 is 4.55 Å². The average molecular weight is 647 g/mol. The number of unbranched alkanes of at least 4 members (excludes halogenated alkanes) is 9. The van der Waals surface area contributed by atoms with E-state index in [0.717, 1.165) is 5.56 Å². The molecule has 0 aliphatic heterocycles. The fourth-order valence-electron chi connectivity index (χ4n) is 5.42. The van der Waals surface area contributed by atoms with E-state index in [0.29, 0.717) is 0 Å². The summed E-state index contributed by atoms with van der Waals surface area (Å²) in [5.74, 6) is 0. The van der Waals surface area contributed by atoms with Gasteiger partial charge in [-0.15, -0.1) is 0 Å². The molecule has 0 spiro atoms. The first-order valence-corrected chi connectivity index (χ1v) is 21.0. The van der Waals surface area contributed by atoms with Gasteiger partial charge in [0.2, 0.25) is 0 Å². The zero-order valence-electron chi connectivity index (χ0n) is 25.3. The third kappa shape index (κ3) is 10.6. The molecule has 0 heterocycles. The Balaban J connectivity index is 0.000000369. The van der Waals surface area contributed by atoms with Crippen molar-refractivity contribution < 1.29 is 13.0 Å². The summed E-state index contributed by atoms with van der Waals surface area (Å²) in [6.45, 7) is 4.12. The average Bonchev–Trinajstić information content (AvgIpc) is 3.01. The Hall–Kier alpha value is -2.65. The van der Waals surface area contributed by atoms with E-state index in [9.17, 15) is 13.0 Å². The second-order valence-electron chi connectivity index (χ2n) is 11.0. The van der Waals surface area contributed by atoms with Crippen LogP contribution < -0.4 is 13.1 Å². The van der Waals surface area contributed by atoms with Crippen LogP contribution in [-0.4, -0.2) is 26.5 Å². The quantitative estimate of drug-likeness (QED) is 0.0748. The number of aryl methyl sites for hydroxylation is 1. The summed E-state index contributed by atoms with van der Waals surface area (Å²) in [6, 6.07) is 40.0. The number of benzene rings is 4. The standard InChI is InChI=1S/C30H40As.C7H8O3S/c1-2-3-4-5-6-7-8-9-10-20-27-31(28-21-14-11-15-22-28,29-23-16-12-17-24-29)30-25-18-13-19-26-30;1-6-2-4-7(5-3-6)11(8,9)10/h11-19,21-26H,2-10,20,27H2,1H3;2-5H,1H3,(H,8,9,10)/q+1;/p-1. The first-order valence-electron chi connectivity index (χ1n) is 15.5. The number of hydrogen-bond acceptors (Lipinski definition) is 3. The zero-order chi connectivity index (χ0) is 30.1. The summed E-state index contributed by atoms with van der Waals surface area (Å²) in [4.78, 5) is -0.178. The fourth-order valence-corrected chi connectivity index (χ4v) is 15.1. The van der Waals surface area contributed by atoms with Gasteiger partial charge in [-0.05, 0) is 19.1 Å². The molecule has 0 bridgehead atoms. The summed E-state index contributed by atoms with van der Waals surface area (Å²) < 4.78 is 35.9. The van der Waals surface area contributed by atoms with Crippen LogP contribution in [-0.2, 0) is 10.1 Å². The molecule has 224 valence electrons. The molecular formula is C37H47AsO3S. The van der Waals surface area contributed by atoms with E-state index < -0.39 is 23.7 Å². The fraction of sp³-hybridized carbons (Fsp3) is 0.351. The predicted molar refractivity (Wildman–Crippen MR) is 180 cm³/mol. The van der Waals surface area contributed by atoms with Gasteiger partial charge in [0.1, 0.15) is 10.1 Å². The van der Waals surface area contributed by atoms with Gasteiger partial charge in [-0.25, -0.2) is 8.42 Å². The Morgan fingerprint density at radius 2 is 0.881 bits per heavy atom. The summed E-state index contributed by atoms with van der Waals surface area (Å²) in [6.07, 6.45) is 14.0. The molecule has 42 heavy (non-hydrogen) atoms. The van der Waals surface area contributed by atoms with Crippen LogP contribution in [0, 0.1) is 6.92 Å². The minimum atomic E-state index is -4.27. The smallest absolute Gasteiger partial charge is 0.124 e. The van der Waals surface area contributed by atoms with Gasteiger partial charge in [-0.1, -0.05) is 17.7 Å². The monoisotopic (exact) mass is 646 g/mol. The maximum Gasteiger partial charge on any atom is 0.124 e. The molecule has 0 saturated carbocycles. The van der Waals surface area contributed by atoms with E-state index >= 15 is 0 Å². The maximum absolute atomic E-state index is 10.4. The van der Waals surface area contributed by atoms with E-state index in [2.05, 4.69) is 97.9 Å². The van der Waals surface area contributed by atoms with E-state index in [1.165, 1.54) is 81.5 Å². The third-order valence-corrected chi connectivity index (χ3v) is 18.1. The van der Waals surface area contributed by atoms with Crippen molar-refractivity contribution in [2.24, 2.45) is 0 Å². The minimum absolute atomic E-state index is 0.178. The van der Waals surface area contributed by atoms with Crippen molar-refractivity contribution in [3.8, 4) is 0 Å². The van der Waals surface area contributed by atoms with E-state index in [1.807, 2.05) is 6.92 Å². The second kappa shape index (κ2) is 18.1. The molecule has 4 rings (SSSR count). The normalized spacial score (nSPS) is 11.5. The van der Waals surface area contributed by atoms with Crippen LogP contribution in [0.15, 0.2) is 120 Å². The molecule has 0 unspecified atom stereocenters. The molecule has 0 aliphatic rings. The molecule has 0 aliphatic carbocycles. The Labute approximate surface area is 257 Å². The van der Waals surface area contributed by atoms with Crippen LogP contribution in [0.4, 0.5) is 0 Å². The Morgan fingerprint density at radius 1 is 0.524 bits per heavy atom. The van der Waals surface area contributed by atoms with Crippen LogP contribution in [0.2, 0.25) is 5.21 Å². The first-order chi connectivity index (χ1) is 20.4. The largest absolute Gasteiger partial charge is 0.744 e. The number of rotatable bonds is 15. The van der Waals surface area contributed by atoms with Crippen molar-refractivity contribution in [3.05, 3.63) is 121 Å². The SMILES string of the molecule is CCCCCCCCCCCC[As+](c1ccccc1)(c1ccccc1)c1ccccc1.Cc1ccc(S(=O)(=O)[O-])cc1. The van der Waals surface area contributed by atoms with Gasteiger partial charge in [0.05, 0.1) is 4.90 Å². The van der Waals surface area contributed by atoms with Crippen molar-refractivity contribution in [2.45, 2.75) is 88.2 Å². The summed E-state index contributed by atoms with van der Waals surface area (Å²) in [7, 11) is -4.27. The summed E-state index contributed by atoms with van der Waals surface area (Å²) >= 11 is -2.47. The zero-order valence-corrected chi connectivity index (χ0v) is 28.0. The van der Waals surface area contributed by atoms with Crippen molar-refractivity contribution in [2.75, 3.05) is 0 Å². The summed E-state index contributed by atoms with van der Waals surface area (Å²) in [5.41, 5.74) is 0.928. The molecule has 0 fully saturated rings.